The third-order valence-electron chi connectivity index (χ3n) is 4.97. The topological polar surface area (TPSA) is 49.6 Å². The lowest BCUT2D eigenvalue weighted by molar-refractivity contribution is -0.387. The predicted octanol–water partition coefficient (Wildman–Crippen LogP) is 3.89. The van der Waals surface area contributed by atoms with Gasteiger partial charge in [0.2, 0.25) is 5.82 Å². The van der Waals surface area contributed by atoms with Crippen molar-refractivity contribution in [1.29, 1.82) is 0 Å². The summed E-state index contributed by atoms with van der Waals surface area (Å²) in [7, 11) is 2.01. The minimum Gasteiger partial charge on any atom is -0.367 e. The Hall–Kier alpha value is -2.54. The highest BCUT2D eigenvalue weighted by Gasteiger charge is 2.31. The van der Waals surface area contributed by atoms with Crippen LogP contribution in [0.3, 0.4) is 0 Å². The largest absolute Gasteiger partial charge is 0.367 e. The monoisotopic (exact) mass is 361 g/mol. The van der Waals surface area contributed by atoms with Gasteiger partial charge in [-0.3, -0.25) is 15.0 Å². The maximum absolute atomic E-state index is 14.5. The Labute approximate surface area is 151 Å². The molecule has 0 spiro atoms. The van der Waals surface area contributed by atoms with Crippen LogP contribution in [0.15, 0.2) is 36.4 Å². The van der Waals surface area contributed by atoms with Crippen LogP contribution >= 0.6 is 0 Å². The number of nitro groups is 1. The van der Waals surface area contributed by atoms with Gasteiger partial charge in [-0.2, -0.15) is 4.39 Å². The summed E-state index contributed by atoms with van der Waals surface area (Å²) in [5, 5.41) is 10.9. The van der Waals surface area contributed by atoms with Gasteiger partial charge in [-0.15, -0.1) is 0 Å². The Morgan fingerprint density at radius 3 is 2.65 bits per heavy atom. The normalized spacial score (nSPS) is 17.1. The van der Waals surface area contributed by atoms with Gasteiger partial charge in [0.05, 0.1) is 16.7 Å². The summed E-state index contributed by atoms with van der Waals surface area (Å²) < 4.78 is 28.7. The van der Waals surface area contributed by atoms with Crippen LogP contribution in [0.4, 0.5) is 20.2 Å². The SMILES string of the molecule is Cc1c(F)c([N+](=O)[O-])cc(F)c1N1CCC(N(C)Cc2ccccc2)C1. The first kappa shape index (κ1) is 18.3. The zero-order valence-electron chi connectivity index (χ0n) is 14.8. The molecule has 1 unspecified atom stereocenters. The average molecular weight is 361 g/mol. The number of nitrogens with zero attached hydrogens (tertiary/aromatic N) is 3. The molecule has 0 aliphatic carbocycles. The van der Waals surface area contributed by atoms with E-state index in [2.05, 4.69) is 17.0 Å². The molecule has 1 aliphatic rings. The molecule has 138 valence electrons. The van der Waals surface area contributed by atoms with Gasteiger partial charge in [-0.25, -0.2) is 4.39 Å². The lowest BCUT2D eigenvalue weighted by Crippen LogP contribution is -2.34. The van der Waals surface area contributed by atoms with Gasteiger partial charge in [0, 0.05) is 31.2 Å². The van der Waals surface area contributed by atoms with Crippen molar-refractivity contribution < 1.29 is 13.7 Å². The van der Waals surface area contributed by atoms with E-state index >= 15 is 0 Å². The number of rotatable bonds is 5. The van der Waals surface area contributed by atoms with Gasteiger partial charge in [-0.05, 0) is 26.0 Å². The predicted molar refractivity (Wildman–Crippen MR) is 96.3 cm³/mol. The molecule has 1 saturated heterocycles. The lowest BCUT2D eigenvalue weighted by atomic mass is 10.1. The molecule has 1 aliphatic heterocycles. The van der Waals surface area contributed by atoms with E-state index in [0.717, 1.165) is 13.0 Å². The molecule has 0 bridgehead atoms. The molecular formula is C19H21F2N3O2. The van der Waals surface area contributed by atoms with Crippen LogP contribution < -0.4 is 4.90 Å². The zero-order chi connectivity index (χ0) is 18.8. The summed E-state index contributed by atoms with van der Waals surface area (Å²) in [5.41, 5.74) is 0.490. The van der Waals surface area contributed by atoms with Gasteiger partial charge >= 0.3 is 5.69 Å². The Bertz CT molecular complexity index is 814. The summed E-state index contributed by atoms with van der Waals surface area (Å²) in [6.07, 6.45) is 0.820. The third kappa shape index (κ3) is 3.53. The van der Waals surface area contributed by atoms with Gasteiger partial charge in [-0.1, -0.05) is 30.3 Å². The van der Waals surface area contributed by atoms with Crippen molar-refractivity contribution in [3.8, 4) is 0 Å². The number of hydrogen-bond acceptors (Lipinski definition) is 4. The maximum Gasteiger partial charge on any atom is 0.308 e. The minimum atomic E-state index is -0.965. The third-order valence-corrected chi connectivity index (χ3v) is 4.97. The standard InChI is InChI=1S/C19H21F2N3O2/c1-13-18(21)17(24(25)26)10-16(20)19(13)23-9-8-15(12-23)22(2)11-14-6-4-3-5-7-14/h3-7,10,15H,8-9,11-12H2,1-2H3. The molecule has 2 aromatic carbocycles. The first-order valence-corrected chi connectivity index (χ1v) is 8.50. The van der Waals surface area contributed by atoms with E-state index in [0.29, 0.717) is 19.2 Å². The molecule has 0 saturated carbocycles. The van der Waals surface area contributed by atoms with Gasteiger partial charge in [0.1, 0.15) is 0 Å². The summed E-state index contributed by atoms with van der Waals surface area (Å²) in [6.45, 7) is 3.30. The van der Waals surface area contributed by atoms with Crippen molar-refractivity contribution in [3.05, 3.63) is 69.3 Å². The second-order valence-corrected chi connectivity index (χ2v) is 6.71. The molecule has 7 heteroatoms. The number of nitro benzene ring substituents is 1. The van der Waals surface area contributed by atoms with Gasteiger partial charge < -0.3 is 4.90 Å². The van der Waals surface area contributed by atoms with E-state index in [4.69, 9.17) is 0 Å². The molecule has 1 heterocycles. The highest BCUT2D eigenvalue weighted by atomic mass is 19.1. The Morgan fingerprint density at radius 2 is 2.00 bits per heavy atom. The summed E-state index contributed by atoms with van der Waals surface area (Å²) in [4.78, 5) is 13.9. The van der Waals surface area contributed by atoms with Crippen molar-refractivity contribution >= 4 is 11.4 Å². The maximum atomic E-state index is 14.5. The Balaban J connectivity index is 1.76. The van der Waals surface area contributed by atoms with Crippen molar-refractivity contribution in [2.75, 3.05) is 25.0 Å². The van der Waals surface area contributed by atoms with E-state index in [-0.39, 0.29) is 17.3 Å². The first-order valence-electron chi connectivity index (χ1n) is 8.50. The molecule has 0 radical (unpaired) electrons. The Kier molecular flexibility index (Phi) is 5.18. The molecule has 0 N–H and O–H groups in total. The van der Waals surface area contributed by atoms with Gasteiger partial charge in [0.15, 0.2) is 5.82 Å². The average Bonchev–Trinajstić information content (AvgIpc) is 3.08. The molecule has 5 nitrogen and oxygen atoms in total. The number of benzene rings is 2. The highest BCUT2D eigenvalue weighted by molar-refractivity contribution is 5.60. The first-order chi connectivity index (χ1) is 12.4. The summed E-state index contributed by atoms with van der Waals surface area (Å²) >= 11 is 0. The molecule has 1 atom stereocenters. The van der Waals surface area contributed by atoms with Crippen LogP contribution in [0.5, 0.6) is 0 Å². The fourth-order valence-corrected chi connectivity index (χ4v) is 3.55. The molecule has 3 rings (SSSR count). The minimum absolute atomic E-state index is 0.0111. The summed E-state index contributed by atoms with van der Waals surface area (Å²) in [5.74, 6) is -1.71. The molecule has 0 aromatic heterocycles. The van der Waals surface area contributed by atoms with Gasteiger partial charge in [0.25, 0.3) is 0 Å². The van der Waals surface area contributed by atoms with Crippen molar-refractivity contribution in [2.45, 2.75) is 25.9 Å². The molecule has 2 aromatic rings. The lowest BCUT2D eigenvalue weighted by Gasteiger charge is -2.26. The van der Waals surface area contributed by atoms with E-state index in [9.17, 15) is 18.9 Å². The van der Waals surface area contributed by atoms with Crippen LogP contribution in [0.25, 0.3) is 0 Å². The quantitative estimate of drug-likeness (QED) is 0.599. The number of anilines is 1. The number of halogens is 2. The van der Waals surface area contributed by atoms with E-state index in [1.807, 2.05) is 25.2 Å². The number of likely N-dealkylation sites (N-methyl/N-ethyl adjacent to an activating group) is 1. The van der Waals surface area contributed by atoms with Crippen LogP contribution in [0, 0.1) is 28.7 Å². The number of hydrogen-bond donors (Lipinski definition) is 0. The van der Waals surface area contributed by atoms with Crippen molar-refractivity contribution in [3.63, 3.8) is 0 Å². The van der Waals surface area contributed by atoms with Crippen LogP contribution in [-0.4, -0.2) is 36.0 Å². The van der Waals surface area contributed by atoms with Crippen LogP contribution in [0.1, 0.15) is 17.5 Å². The van der Waals surface area contributed by atoms with Crippen LogP contribution in [-0.2, 0) is 6.54 Å². The smallest absolute Gasteiger partial charge is 0.308 e. The summed E-state index contributed by atoms with van der Waals surface area (Å²) in [6, 6.07) is 10.9. The van der Waals surface area contributed by atoms with E-state index in [1.165, 1.54) is 12.5 Å². The second kappa shape index (κ2) is 7.37. The van der Waals surface area contributed by atoms with E-state index in [1.54, 1.807) is 4.90 Å². The highest BCUT2D eigenvalue weighted by Crippen LogP contribution is 2.34. The van der Waals surface area contributed by atoms with Crippen molar-refractivity contribution in [1.82, 2.24) is 4.90 Å². The molecule has 0 amide bonds. The second-order valence-electron chi connectivity index (χ2n) is 6.71. The molecule has 26 heavy (non-hydrogen) atoms. The fourth-order valence-electron chi connectivity index (χ4n) is 3.55. The van der Waals surface area contributed by atoms with Crippen LogP contribution in [0.2, 0.25) is 0 Å². The Morgan fingerprint density at radius 1 is 1.31 bits per heavy atom. The van der Waals surface area contributed by atoms with Crippen molar-refractivity contribution in [2.24, 2.45) is 0 Å². The molecular weight excluding hydrogens is 340 g/mol. The molecule has 1 fully saturated rings. The zero-order valence-corrected chi connectivity index (χ0v) is 14.8. The van der Waals surface area contributed by atoms with E-state index < -0.39 is 22.2 Å². The fraction of sp³-hybridized carbons (Fsp3) is 0.368.